The van der Waals surface area contributed by atoms with Crippen LogP contribution in [0.2, 0.25) is 0 Å². The molecular weight excluding hydrogens is 152 g/mol. The van der Waals surface area contributed by atoms with Crippen LogP contribution in [0.4, 0.5) is 0 Å². The average Bonchev–Trinajstić information content (AvgIpc) is 2.07. The Balaban J connectivity index is 2.76. The summed E-state index contributed by atoms with van der Waals surface area (Å²) in [7, 11) is 0. The lowest BCUT2D eigenvalue weighted by atomic mass is 10.2. The molecule has 2 nitrogen and oxygen atoms in total. The molecule has 0 saturated carbocycles. The first-order valence-electron chi connectivity index (χ1n) is 4.33. The summed E-state index contributed by atoms with van der Waals surface area (Å²) in [6.07, 6.45) is 3.07. The second-order valence-electron chi connectivity index (χ2n) is 2.98. The van der Waals surface area contributed by atoms with Gasteiger partial charge in [0.1, 0.15) is 5.76 Å². The molecule has 1 aromatic heterocycles. The van der Waals surface area contributed by atoms with E-state index in [0.29, 0.717) is 5.56 Å². The third kappa shape index (κ3) is 2.22. The molecule has 0 unspecified atom stereocenters. The van der Waals surface area contributed by atoms with Gasteiger partial charge in [0.15, 0.2) is 0 Å². The van der Waals surface area contributed by atoms with Crippen LogP contribution < -0.4 is 5.63 Å². The second-order valence-corrected chi connectivity index (χ2v) is 2.98. The SMILES string of the molecule is CCCCc1ccc(C)c(=O)o1. The first kappa shape index (κ1) is 9.04. The highest BCUT2D eigenvalue weighted by atomic mass is 16.4. The average molecular weight is 166 g/mol. The van der Waals surface area contributed by atoms with Crippen LogP contribution in [-0.2, 0) is 6.42 Å². The van der Waals surface area contributed by atoms with E-state index in [1.54, 1.807) is 6.92 Å². The van der Waals surface area contributed by atoms with Crippen LogP contribution in [0.25, 0.3) is 0 Å². The fraction of sp³-hybridized carbons (Fsp3) is 0.500. The summed E-state index contributed by atoms with van der Waals surface area (Å²) in [5.41, 5.74) is 0.471. The summed E-state index contributed by atoms with van der Waals surface area (Å²) < 4.78 is 5.05. The Kier molecular flexibility index (Phi) is 3.09. The minimum Gasteiger partial charge on any atom is -0.428 e. The summed E-state index contributed by atoms with van der Waals surface area (Å²) in [5, 5.41) is 0. The molecule has 1 aromatic rings. The standard InChI is InChI=1S/C10H14O2/c1-3-4-5-9-7-6-8(2)10(11)12-9/h6-7H,3-5H2,1-2H3. The molecule has 2 heteroatoms. The van der Waals surface area contributed by atoms with E-state index < -0.39 is 0 Å². The van der Waals surface area contributed by atoms with Crippen LogP contribution in [-0.4, -0.2) is 0 Å². The summed E-state index contributed by atoms with van der Waals surface area (Å²) in [6.45, 7) is 3.88. The topological polar surface area (TPSA) is 30.2 Å². The highest BCUT2D eigenvalue weighted by Crippen LogP contribution is 2.02. The molecule has 1 rings (SSSR count). The minimum absolute atomic E-state index is 0.205. The molecule has 0 bridgehead atoms. The van der Waals surface area contributed by atoms with E-state index in [9.17, 15) is 4.79 Å². The van der Waals surface area contributed by atoms with Crippen molar-refractivity contribution in [3.8, 4) is 0 Å². The summed E-state index contributed by atoms with van der Waals surface area (Å²) in [5.74, 6) is 0.799. The van der Waals surface area contributed by atoms with Crippen molar-refractivity contribution in [2.45, 2.75) is 33.1 Å². The lowest BCUT2D eigenvalue weighted by molar-refractivity contribution is 0.449. The minimum atomic E-state index is -0.205. The zero-order valence-corrected chi connectivity index (χ0v) is 7.59. The molecule has 0 atom stereocenters. The van der Waals surface area contributed by atoms with Crippen molar-refractivity contribution < 1.29 is 4.42 Å². The summed E-state index contributed by atoms with van der Waals surface area (Å²) in [6, 6.07) is 3.70. The molecule has 0 aromatic carbocycles. The monoisotopic (exact) mass is 166 g/mol. The molecule has 0 saturated heterocycles. The van der Waals surface area contributed by atoms with Gasteiger partial charge >= 0.3 is 5.63 Å². The van der Waals surface area contributed by atoms with Crippen molar-refractivity contribution in [1.82, 2.24) is 0 Å². The van der Waals surface area contributed by atoms with E-state index in [1.807, 2.05) is 12.1 Å². The van der Waals surface area contributed by atoms with Crippen molar-refractivity contribution in [2.75, 3.05) is 0 Å². The molecule has 0 aliphatic carbocycles. The smallest absolute Gasteiger partial charge is 0.338 e. The third-order valence-electron chi connectivity index (χ3n) is 1.84. The molecule has 0 aliphatic rings. The molecule has 0 spiro atoms. The number of aryl methyl sites for hydroxylation is 2. The Morgan fingerprint density at radius 2 is 2.17 bits per heavy atom. The highest BCUT2D eigenvalue weighted by Gasteiger charge is 1.98. The fourth-order valence-corrected chi connectivity index (χ4v) is 1.00. The van der Waals surface area contributed by atoms with Gasteiger partial charge in [-0.15, -0.1) is 0 Å². The van der Waals surface area contributed by atoms with Gasteiger partial charge in [-0.1, -0.05) is 13.3 Å². The van der Waals surface area contributed by atoms with Crippen molar-refractivity contribution in [3.63, 3.8) is 0 Å². The Hall–Kier alpha value is -1.05. The number of hydrogen-bond donors (Lipinski definition) is 0. The van der Waals surface area contributed by atoms with E-state index >= 15 is 0 Å². The van der Waals surface area contributed by atoms with Crippen molar-refractivity contribution in [2.24, 2.45) is 0 Å². The Morgan fingerprint density at radius 1 is 1.42 bits per heavy atom. The van der Waals surface area contributed by atoms with Gasteiger partial charge in [-0.2, -0.15) is 0 Å². The van der Waals surface area contributed by atoms with E-state index in [4.69, 9.17) is 4.42 Å². The summed E-state index contributed by atoms with van der Waals surface area (Å²) in [4.78, 5) is 11.0. The molecule has 0 fully saturated rings. The van der Waals surface area contributed by atoms with Crippen LogP contribution in [0.3, 0.4) is 0 Å². The van der Waals surface area contributed by atoms with Gasteiger partial charge in [-0.3, -0.25) is 0 Å². The molecule has 0 radical (unpaired) electrons. The zero-order valence-electron chi connectivity index (χ0n) is 7.59. The first-order chi connectivity index (χ1) is 5.74. The highest BCUT2D eigenvalue weighted by molar-refractivity contribution is 5.08. The normalized spacial score (nSPS) is 10.2. The largest absolute Gasteiger partial charge is 0.428 e. The quantitative estimate of drug-likeness (QED) is 0.689. The molecule has 12 heavy (non-hydrogen) atoms. The van der Waals surface area contributed by atoms with Crippen LogP contribution in [0.15, 0.2) is 21.3 Å². The van der Waals surface area contributed by atoms with Crippen LogP contribution in [0, 0.1) is 6.92 Å². The van der Waals surface area contributed by atoms with Gasteiger partial charge in [0.05, 0.1) is 0 Å². The zero-order chi connectivity index (χ0) is 8.97. The van der Waals surface area contributed by atoms with E-state index in [0.717, 1.165) is 25.0 Å². The number of unbranched alkanes of at least 4 members (excludes halogenated alkanes) is 1. The molecule has 0 amide bonds. The van der Waals surface area contributed by atoms with Gasteiger partial charge in [-0.05, 0) is 25.5 Å². The van der Waals surface area contributed by atoms with Gasteiger partial charge in [0.25, 0.3) is 0 Å². The lowest BCUT2D eigenvalue weighted by Crippen LogP contribution is -2.03. The van der Waals surface area contributed by atoms with E-state index in [-0.39, 0.29) is 5.63 Å². The Morgan fingerprint density at radius 3 is 2.75 bits per heavy atom. The molecular formula is C10H14O2. The number of rotatable bonds is 3. The fourth-order valence-electron chi connectivity index (χ4n) is 1.00. The van der Waals surface area contributed by atoms with Crippen molar-refractivity contribution in [3.05, 3.63) is 33.9 Å². The van der Waals surface area contributed by atoms with E-state index in [1.165, 1.54) is 0 Å². The van der Waals surface area contributed by atoms with Crippen LogP contribution >= 0.6 is 0 Å². The molecule has 0 N–H and O–H groups in total. The maximum atomic E-state index is 11.0. The predicted molar refractivity (Wildman–Crippen MR) is 48.3 cm³/mol. The van der Waals surface area contributed by atoms with Crippen molar-refractivity contribution >= 4 is 0 Å². The Bertz CT molecular complexity index is 299. The van der Waals surface area contributed by atoms with Crippen molar-refractivity contribution in [1.29, 1.82) is 0 Å². The first-order valence-corrected chi connectivity index (χ1v) is 4.33. The molecule has 0 aliphatic heterocycles. The maximum absolute atomic E-state index is 11.0. The molecule has 1 heterocycles. The third-order valence-corrected chi connectivity index (χ3v) is 1.84. The van der Waals surface area contributed by atoms with E-state index in [2.05, 4.69) is 6.92 Å². The van der Waals surface area contributed by atoms with Gasteiger partial charge in [-0.25, -0.2) is 4.79 Å². The maximum Gasteiger partial charge on any atom is 0.338 e. The second kappa shape index (κ2) is 4.10. The van der Waals surface area contributed by atoms with Gasteiger partial charge in [0, 0.05) is 12.0 Å². The van der Waals surface area contributed by atoms with Gasteiger partial charge in [0.2, 0.25) is 0 Å². The lowest BCUT2D eigenvalue weighted by Gasteiger charge is -1.97. The predicted octanol–water partition coefficient (Wildman–Crippen LogP) is 2.29. The van der Waals surface area contributed by atoms with Crippen LogP contribution in [0.5, 0.6) is 0 Å². The summed E-state index contributed by atoms with van der Waals surface area (Å²) >= 11 is 0. The van der Waals surface area contributed by atoms with Gasteiger partial charge < -0.3 is 4.42 Å². The number of hydrogen-bond acceptors (Lipinski definition) is 2. The Labute approximate surface area is 72.2 Å². The molecule has 66 valence electrons. The van der Waals surface area contributed by atoms with Crippen LogP contribution in [0.1, 0.15) is 31.1 Å².